The van der Waals surface area contributed by atoms with Gasteiger partial charge in [-0.1, -0.05) is 6.92 Å². The summed E-state index contributed by atoms with van der Waals surface area (Å²) >= 11 is 0. The van der Waals surface area contributed by atoms with Crippen molar-refractivity contribution in [3.05, 3.63) is 29.8 Å². The fourth-order valence-electron chi connectivity index (χ4n) is 1.12. The van der Waals surface area contributed by atoms with E-state index in [1.807, 2.05) is 6.92 Å². The zero-order chi connectivity index (χ0) is 11.1. The van der Waals surface area contributed by atoms with Gasteiger partial charge >= 0.3 is 0 Å². The van der Waals surface area contributed by atoms with E-state index in [0.717, 1.165) is 25.2 Å². The third-order valence-corrected chi connectivity index (χ3v) is 1.84. The van der Waals surface area contributed by atoms with Crippen molar-refractivity contribution in [1.82, 2.24) is 0 Å². The van der Waals surface area contributed by atoms with Gasteiger partial charge in [0.25, 0.3) is 0 Å². The van der Waals surface area contributed by atoms with Crippen molar-refractivity contribution in [2.75, 3.05) is 25.1 Å². The van der Waals surface area contributed by atoms with Crippen molar-refractivity contribution in [2.45, 2.75) is 13.3 Å². The fourth-order valence-corrected chi connectivity index (χ4v) is 1.12. The van der Waals surface area contributed by atoms with E-state index in [0.29, 0.717) is 18.8 Å². The van der Waals surface area contributed by atoms with Gasteiger partial charge in [0, 0.05) is 24.9 Å². The van der Waals surface area contributed by atoms with Crippen LogP contribution in [0, 0.1) is 11.6 Å². The molecule has 0 spiro atoms. The maximum absolute atomic E-state index is 12.8. The monoisotopic (exact) mass is 215 g/mol. The molecule has 0 heterocycles. The largest absolute Gasteiger partial charge is 0.383 e. The highest BCUT2D eigenvalue weighted by molar-refractivity contribution is 5.43. The number of nitrogens with one attached hydrogen (secondary N) is 1. The lowest BCUT2D eigenvalue weighted by Gasteiger charge is -2.06. The predicted octanol–water partition coefficient (Wildman–Crippen LogP) is 2.80. The summed E-state index contributed by atoms with van der Waals surface area (Å²) in [5.41, 5.74) is 0.564. The number of hydrogen-bond acceptors (Lipinski definition) is 2. The van der Waals surface area contributed by atoms with E-state index in [-0.39, 0.29) is 0 Å². The molecule has 2 nitrogen and oxygen atoms in total. The maximum Gasteiger partial charge on any atom is 0.160 e. The molecule has 1 rings (SSSR count). The summed E-state index contributed by atoms with van der Waals surface area (Å²) < 4.78 is 30.6. The first-order valence-electron chi connectivity index (χ1n) is 5.00. The van der Waals surface area contributed by atoms with E-state index < -0.39 is 11.6 Å². The first-order valence-corrected chi connectivity index (χ1v) is 5.00. The molecule has 0 atom stereocenters. The molecule has 0 aromatic heterocycles. The molecular weight excluding hydrogens is 200 g/mol. The van der Waals surface area contributed by atoms with Gasteiger partial charge in [-0.15, -0.1) is 0 Å². The lowest BCUT2D eigenvalue weighted by Crippen LogP contribution is -2.09. The Kier molecular flexibility index (Phi) is 5.04. The van der Waals surface area contributed by atoms with Gasteiger partial charge in [-0.2, -0.15) is 0 Å². The van der Waals surface area contributed by atoms with Crippen molar-refractivity contribution in [3.8, 4) is 0 Å². The van der Waals surface area contributed by atoms with Crippen LogP contribution in [0.2, 0.25) is 0 Å². The molecule has 15 heavy (non-hydrogen) atoms. The van der Waals surface area contributed by atoms with E-state index >= 15 is 0 Å². The summed E-state index contributed by atoms with van der Waals surface area (Å²) in [6, 6.07) is 3.73. The number of halogens is 2. The molecule has 0 saturated carbocycles. The maximum atomic E-state index is 12.8. The SMILES string of the molecule is CCCOCCNc1ccc(F)c(F)c1. The number of anilines is 1. The Morgan fingerprint density at radius 2 is 2.00 bits per heavy atom. The quantitative estimate of drug-likeness (QED) is 0.737. The molecule has 1 aromatic rings. The van der Waals surface area contributed by atoms with Crippen molar-refractivity contribution in [3.63, 3.8) is 0 Å². The minimum absolute atomic E-state index is 0.562. The van der Waals surface area contributed by atoms with E-state index in [1.54, 1.807) is 0 Å². The smallest absolute Gasteiger partial charge is 0.160 e. The van der Waals surface area contributed by atoms with Crippen LogP contribution >= 0.6 is 0 Å². The van der Waals surface area contributed by atoms with Crippen LogP contribution in [0.3, 0.4) is 0 Å². The van der Waals surface area contributed by atoms with E-state index in [1.165, 1.54) is 6.07 Å². The molecule has 0 amide bonds. The summed E-state index contributed by atoms with van der Waals surface area (Å²) in [7, 11) is 0. The first-order chi connectivity index (χ1) is 7.24. The molecule has 0 aliphatic carbocycles. The van der Waals surface area contributed by atoms with Crippen LogP contribution in [0.1, 0.15) is 13.3 Å². The molecule has 1 aromatic carbocycles. The highest BCUT2D eigenvalue weighted by Gasteiger charge is 2.01. The van der Waals surface area contributed by atoms with Gasteiger partial charge in [0.1, 0.15) is 0 Å². The molecular formula is C11H15F2NO. The molecule has 84 valence electrons. The summed E-state index contributed by atoms with van der Waals surface area (Å²) in [5.74, 6) is -1.67. The van der Waals surface area contributed by atoms with Crippen molar-refractivity contribution < 1.29 is 13.5 Å². The fraction of sp³-hybridized carbons (Fsp3) is 0.455. The van der Waals surface area contributed by atoms with Gasteiger partial charge in [-0.05, 0) is 18.6 Å². The topological polar surface area (TPSA) is 21.3 Å². The highest BCUT2D eigenvalue weighted by atomic mass is 19.2. The van der Waals surface area contributed by atoms with Crippen molar-refractivity contribution in [1.29, 1.82) is 0 Å². The second kappa shape index (κ2) is 6.35. The Hall–Kier alpha value is -1.16. The van der Waals surface area contributed by atoms with Crippen LogP contribution in [0.25, 0.3) is 0 Å². The Morgan fingerprint density at radius 3 is 2.67 bits per heavy atom. The highest BCUT2D eigenvalue weighted by Crippen LogP contribution is 2.12. The third-order valence-electron chi connectivity index (χ3n) is 1.84. The second-order valence-electron chi connectivity index (χ2n) is 3.17. The van der Waals surface area contributed by atoms with Crippen LogP contribution in [-0.2, 0) is 4.74 Å². The van der Waals surface area contributed by atoms with Crippen molar-refractivity contribution in [2.24, 2.45) is 0 Å². The van der Waals surface area contributed by atoms with Gasteiger partial charge in [0.15, 0.2) is 11.6 Å². The molecule has 0 radical (unpaired) electrons. The molecule has 0 unspecified atom stereocenters. The molecule has 1 N–H and O–H groups in total. The number of rotatable bonds is 6. The number of hydrogen-bond donors (Lipinski definition) is 1. The Bertz CT molecular complexity index is 305. The molecule has 0 aliphatic rings. The normalized spacial score (nSPS) is 10.3. The zero-order valence-corrected chi connectivity index (χ0v) is 8.72. The number of benzene rings is 1. The average molecular weight is 215 g/mol. The lowest BCUT2D eigenvalue weighted by atomic mass is 10.3. The molecule has 0 saturated heterocycles. The lowest BCUT2D eigenvalue weighted by molar-refractivity contribution is 0.144. The zero-order valence-electron chi connectivity index (χ0n) is 8.72. The Balaban J connectivity index is 2.28. The minimum atomic E-state index is -0.838. The van der Waals surface area contributed by atoms with Crippen LogP contribution in [0.15, 0.2) is 18.2 Å². The minimum Gasteiger partial charge on any atom is -0.383 e. The summed E-state index contributed by atoms with van der Waals surface area (Å²) in [4.78, 5) is 0. The Morgan fingerprint density at radius 1 is 1.20 bits per heavy atom. The molecule has 0 aliphatic heterocycles. The summed E-state index contributed by atoms with van der Waals surface area (Å²) in [5, 5.41) is 2.94. The predicted molar refractivity (Wildman–Crippen MR) is 56.0 cm³/mol. The van der Waals surface area contributed by atoms with Gasteiger partial charge in [0.2, 0.25) is 0 Å². The molecule has 0 bridgehead atoms. The van der Waals surface area contributed by atoms with E-state index in [2.05, 4.69) is 5.32 Å². The molecule has 0 fully saturated rings. The summed E-state index contributed by atoms with van der Waals surface area (Å²) in [6.45, 7) is 3.90. The molecule has 4 heteroatoms. The van der Waals surface area contributed by atoms with Gasteiger partial charge in [-0.3, -0.25) is 0 Å². The van der Waals surface area contributed by atoms with Gasteiger partial charge in [-0.25, -0.2) is 8.78 Å². The number of ether oxygens (including phenoxy) is 1. The van der Waals surface area contributed by atoms with E-state index in [4.69, 9.17) is 4.74 Å². The van der Waals surface area contributed by atoms with Crippen LogP contribution in [-0.4, -0.2) is 19.8 Å². The van der Waals surface area contributed by atoms with Gasteiger partial charge < -0.3 is 10.1 Å². The van der Waals surface area contributed by atoms with Crippen molar-refractivity contribution >= 4 is 5.69 Å². The van der Waals surface area contributed by atoms with Gasteiger partial charge in [0.05, 0.1) is 6.61 Å². The second-order valence-corrected chi connectivity index (χ2v) is 3.17. The Labute approximate surface area is 88.3 Å². The first kappa shape index (κ1) is 11.9. The van der Waals surface area contributed by atoms with Crippen LogP contribution in [0.4, 0.5) is 14.5 Å². The van der Waals surface area contributed by atoms with Crippen LogP contribution < -0.4 is 5.32 Å². The summed E-state index contributed by atoms with van der Waals surface area (Å²) in [6.07, 6.45) is 0.977. The van der Waals surface area contributed by atoms with Crippen LogP contribution in [0.5, 0.6) is 0 Å². The average Bonchev–Trinajstić information content (AvgIpc) is 2.23. The standard InChI is InChI=1S/C11H15F2NO/c1-2-6-15-7-5-14-9-3-4-10(12)11(13)8-9/h3-4,8,14H,2,5-7H2,1H3. The van der Waals surface area contributed by atoms with E-state index in [9.17, 15) is 8.78 Å². The third kappa shape index (κ3) is 4.25.